The molecule has 1 N–H and O–H groups in total. The fourth-order valence-electron chi connectivity index (χ4n) is 1.09. The number of hydrogen-bond donors (Lipinski definition) is 1. The predicted molar refractivity (Wildman–Crippen MR) is 56.0 cm³/mol. The Labute approximate surface area is 85.2 Å². The summed E-state index contributed by atoms with van der Waals surface area (Å²) in [6, 6.07) is 7.13. The van der Waals surface area contributed by atoms with Crippen molar-refractivity contribution in [2.24, 2.45) is 0 Å². The van der Waals surface area contributed by atoms with Gasteiger partial charge in [0.15, 0.2) is 0 Å². The van der Waals surface area contributed by atoms with E-state index in [4.69, 9.17) is 5.11 Å². The Morgan fingerprint density at radius 1 is 1.31 bits per heavy atom. The van der Waals surface area contributed by atoms with E-state index in [1.54, 1.807) is 23.5 Å². The van der Waals surface area contributed by atoms with E-state index < -0.39 is 5.97 Å². The Kier molecular flexibility index (Phi) is 2.90. The minimum atomic E-state index is -0.870. The SMILES string of the molecule is Cl.O=C(O)c1ccc2ccsc2c1. The topological polar surface area (TPSA) is 37.3 Å². The maximum atomic E-state index is 10.6. The van der Waals surface area contributed by atoms with Crippen LogP contribution in [0.15, 0.2) is 29.6 Å². The third-order valence-electron chi connectivity index (χ3n) is 1.70. The minimum Gasteiger partial charge on any atom is -0.478 e. The second kappa shape index (κ2) is 3.77. The number of carboxylic acids is 1. The molecule has 0 unspecified atom stereocenters. The lowest BCUT2D eigenvalue weighted by Crippen LogP contribution is -1.94. The van der Waals surface area contributed by atoms with Crippen LogP contribution in [0.1, 0.15) is 10.4 Å². The Balaban J connectivity index is 0.000000845. The highest BCUT2D eigenvalue weighted by Crippen LogP contribution is 2.21. The van der Waals surface area contributed by atoms with Crippen molar-refractivity contribution in [3.8, 4) is 0 Å². The number of thiophene rings is 1. The average Bonchev–Trinajstić information content (AvgIpc) is 2.49. The van der Waals surface area contributed by atoms with Crippen molar-refractivity contribution in [1.82, 2.24) is 0 Å². The van der Waals surface area contributed by atoms with E-state index in [-0.39, 0.29) is 12.4 Å². The normalized spacial score (nSPS) is 9.54. The summed E-state index contributed by atoms with van der Waals surface area (Å²) < 4.78 is 1.02. The molecule has 1 heterocycles. The molecule has 0 amide bonds. The first kappa shape index (κ1) is 10.0. The van der Waals surface area contributed by atoms with Crippen molar-refractivity contribution in [3.63, 3.8) is 0 Å². The van der Waals surface area contributed by atoms with Crippen molar-refractivity contribution < 1.29 is 9.90 Å². The Bertz CT molecular complexity index is 436. The van der Waals surface area contributed by atoms with Crippen LogP contribution in [0, 0.1) is 0 Å². The maximum absolute atomic E-state index is 10.6. The van der Waals surface area contributed by atoms with E-state index in [1.807, 2.05) is 17.5 Å². The maximum Gasteiger partial charge on any atom is 0.335 e. The Morgan fingerprint density at radius 3 is 2.77 bits per heavy atom. The van der Waals surface area contributed by atoms with Crippen LogP contribution >= 0.6 is 23.7 Å². The Hall–Kier alpha value is -1.06. The number of hydrogen-bond acceptors (Lipinski definition) is 2. The molecule has 0 atom stereocenters. The number of carboxylic acid groups (broad SMARTS) is 1. The molecular formula is C9H7ClO2S. The molecule has 1 aromatic carbocycles. The van der Waals surface area contributed by atoms with Gasteiger partial charge in [-0.1, -0.05) is 6.07 Å². The summed E-state index contributed by atoms with van der Waals surface area (Å²) in [7, 11) is 0. The van der Waals surface area contributed by atoms with Gasteiger partial charge < -0.3 is 5.11 Å². The van der Waals surface area contributed by atoms with Gasteiger partial charge in [0.2, 0.25) is 0 Å². The molecule has 0 aliphatic carbocycles. The molecule has 13 heavy (non-hydrogen) atoms. The van der Waals surface area contributed by atoms with Gasteiger partial charge in [-0.3, -0.25) is 0 Å². The summed E-state index contributed by atoms with van der Waals surface area (Å²) in [5.41, 5.74) is 0.352. The van der Waals surface area contributed by atoms with Crippen LogP contribution in [0.25, 0.3) is 10.1 Å². The van der Waals surface area contributed by atoms with Gasteiger partial charge in [0.25, 0.3) is 0 Å². The third-order valence-corrected chi connectivity index (χ3v) is 2.58. The average molecular weight is 215 g/mol. The fraction of sp³-hybridized carbons (Fsp3) is 0. The van der Waals surface area contributed by atoms with Crippen LogP contribution in [0.5, 0.6) is 0 Å². The number of rotatable bonds is 1. The summed E-state index contributed by atoms with van der Waals surface area (Å²) >= 11 is 1.56. The van der Waals surface area contributed by atoms with E-state index >= 15 is 0 Å². The van der Waals surface area contributed by atoms with Gasteiger partial charge in [-0.05, 0) is 29.0 Å². The molecule has 0 aliphatic heterocycles. The van der Waals surface area contributed by atoms with Gasteiger partial charge in [-0.15, -0.1) is 23.7 Å². The molecular weight excluding hydrogens is 208 g/mol. The second-order valence-corrected chi connectivity index (χ2v) is 3.43. The molecule has 0 bridgehead atoms. The summed E-state index contributed by atoms with van der Waals surface area (Å²) in [6.07, 6.45) is 0. The van der Waals surface area contributed by atoms with Crippen molar-refractivity contribution in [2.75, 3.05) is 0 Å². The molecule has 4 heteroatoms. The lowest BCUT2D eigenvalue weighted by molar-refractivity contribution is 0.0697. The molecule has 0 saturated carbocycles. The number of benzene rings is 1. The molecule has 0 saturated heterocycles. The molecule has 2 aromatic rings. The quantitative estimate of drug-likeness (QED) is 0.793. The van der Waals surface area contributed by atoms with Crippen LogP contribution in [0.3, 0.4) is 0 Å². The summed E-state index contributed by atoms with van der Waals surface area (Å²) in [5.74, 6) is -0.870. The van der Waals surface area contributed by atoms with Crippen LogP contribution in [0.2, 0.25) is 0 Å². The summed E-state index contributed by atoms with van der Waals surface area (Å²) in [6.45, 7) is 0. The molecule has 0 fully saturated rings. The smallest absolute Gasteiger partial charge is 0.335 e. The van der Waals surface area contributed by atoms with Gasteiger partial charge in [0, 0.05) is 4.70 Å². The molecule has 0 spiro atoms. The first-order chi connectivity index (χ1) is 5.77. The van der Waals surface area contributed by atoms with E-state index in [9.17, 15) is 4.79 Å². The Morgan fingerprint density at radius 2 is 2.08 bits per heavy atom. The van der Waals surface area contributed by atoms with E-state index in [0.29, 0.717) is 5.56 Å². The molecule has 2 rings (SSSR count). The van der Waals surface area contributed by atoms with Crippen molar-refractivity contribution in [2.45, 2.75) is 0 Å². The zero-order chi connectivity index (χ0) is 8.55. The van der Waals surface area contributed by atoms with Gasteiger partial charge in [-0.2, -0.15) is 0 Å². The van der Waals surface area contributed by atoms with Gasteiger partial charge in [-0.25, -0.2) is 4.79 Å². The first-order valence-electron chi connectivity index (χ1n) is 3.48. The van der Waals surface area contributed by atoms with E-state index in [1.165, 1.54) is 0 Å². The second-order valence-electron chi connectivity index (χ2n) is 2.48. The number of aromatic carboxylic acids is 1. The number of carbonyl (C=O) groups is 1. The molecule has 0 radical (unpaired) electrons. The zero-order valence-electron chi connectivity index (χ0n) is 6.56. The largest absolute Gasteiger partial charge is 0.478 e. The highest BCUT2D eigenvalue weighted by molar-refractivity contribution is 7.17. The minimum absolute atomic E-state index is 0. The molecule has 2 nitrogen and oxygen atoms in total. The molecule has 1 aromatic heterocycles. The van der Waals surface area contributed by atoms with Crippen molar-refractivity contribution in [3.05, 3.63) is 35.2 Å². The van der Waals surface area contributed by atoms with E-state index in [0.717, 1.165) is 10.1 Å². The summed E-state index contributed by atoms with van der Waals surface area (Å²) in [4.78, 5) is 10.6. The van der Waals surface area contributed by atoms with Gasteiger partial charge in [0.05, 0.1) is 5.56 Å². The van der Waals surface area contributed by atoms with Gasteiger partial charge >= 0.3 is 5.97 Å². The molecule has 68 valence electrons. The predicted octanol–water partition coefficient (Wildman–Crippen LogP) is 3.02. The van der Waals surface area contributed by atoms with Crippen LogP contribution in [0.4, 0.5) is 0 Å². The molecule has 0 aliphatic rings. The van der Waals surface area contributed by atoms with Crippen LogP contribution < -0.4 is 0 Å². The van der Waals surface area contributed by atoms with E-state index in [2.05, 4.69) is 0 Å². The standard InChI is InChI=1S/C9H6O2S.ClH/c10-9(11)7-2-1-6-3-4-12-8(6)5-7;/h1-5H,(H,10,11);1H. The van der Waals surface area contributed by atoms with Gasteiger partial charge in [0.1, 0.15) is 0 Å². The first-order valence-corrected chi connectivity index (χ1v) is 4.36. The fourth-order valence-corrected chi connectivity index (χ4v) is 1.92. The lowest BCUT2D eigenvalue weighted by atomic mass is 10.2. The monoisotopic (exact) mass is 214 g/mol. The van der Waals surface area contributed by atoms with Crippen LogP contribution in [-0.4, -0.2) is 11.1 Å². The summed E-state index contributed by atoms with van der Waals surface area (Å²) in [5, 5.41) is 11.7. The highest BCUT2D eigenvalue weighted by Gasteiger charge is 2.03. The third kappa shape index (κ3) is 1.82. The lowest BCUT2D eigenvalue weighted by Gasteiger charge is -1.92. The van der Waals surface area contributed by atoms with Crippen molar-refractivity contribution in [1.29, 1.82) is 0 Å². The zero-order valence-corrected chi connectivity index (χ0v) is 8.19. The van der Waals surface area contributed by atoms with Crippen molar-refractivity contribution >= 4 is 39.8 Å². The highest BCUT2D eigenvalue weighted by atomic mass is 35.5. The van der Waals surface area contributed by atoms with Crippen LogP contribution in [-0.2, 0) is 0 Å². The number of fused-ring (bicyclic) bond motifs is 1. The number of halogens is 1.